The molecule has 7 heteroatoms. The maximum atomic E-state index is 12.3. The van der Waals surface area contributed by atoms with Crippen molar-refractivity contribution < 1.29 is 14.3 Å². The molecule has 1 N–H and O–H groups in total. The van der Waals surface area contributed by atoms with E-state index in [0.717, 1.165) is 0 Å². The molecule has 2 aromatic rings. The summed E-state index contributed by atoms with van der Waals surface area (Å²) in [5.74, 6) is 0.121. The van der Waals surface area contributed by atoms with Gasteiger partial charge in [-0.3, -0.25) is 4.79 Å². The molecule has 0 aliphatic carbocycles. The minimum absolute atomic E-state index is 0.118. The minimum atomic E-state index is -0.930. The van der Waals surface area contributed by atoms with Crippen molar-refractivity contribution in [2.24, 2.45) is 0 Å². The van der Waals surface area contributed by atoms with Crippen LogP contribution in [0.4, 0.5) is 4.79 Å². The predicted molar refractivity (Wildman–Crippen MR) is 87.0 cm³/mol. The molecule has 0 aliphatic heterocycles. The van der Waals surface area contributed by atoms with Crippen molar-refractivity contribution in [2.45, 2.75) is 26.7 Å². The van der Waals surface area contributed by atoms with Gasteiger partial charge in [0.15, 0.2) is 0 Å². The standard InChI is InChI=1S/C16H17ClN2O4/c1-4-22-16(21)23-13-12(9(2)3)18-14(19-15(13)20)10-5-7-11(17)8-6-10/h5-9H,4H2,1-3H3,(H,18,19,20). The molecule has 0 saturated heterocycles. The van der Waals surface area contributed by atoms with E-state index in [0.29, 0.717) is 22.1 Å². The molecule has 0 atom stereocenters. The average Bonchev–Trinajstić information content (AvgIpc) is 2.50. The summed E-state index contributed by atoms with van der Waals surface area (Å²) in [7, 11) is 0. The summed E-state index contributed by atoms with van der Waals surface area (Å²) in [6.45, 7) is 5.51. The van der Waals surface area contributed by atoms with E-state index in [9.17, 15) is 9.59 Å². The number of rotatable bonds is 4. The van der Waals surface area contributed by atoms with Crippen molar-refractivity contribution in [3.05, 3.63) is 45.3 Å². The van der Waals surface area contributed by atoms with Gasteiger partial charge in [-0.2, -0.15) is 0 Å². The van der Waals surface area contributed by atoms with Crippen LogP contribution in [0.5, 0.6) is 5.75 Å². The van der Waals surface area contributed by atoms with Crippen LogP contribution in [-0.4, -0.2) is 22.7 Å². The Morgan fingerprint density at radius 2 is 1.96 bits per heavy atom. The Morgan fingerprint density at radius 3 is 2.52 bits per heavy atom. The van der Waals surface area contributed by atoms with Crippen molar-refractivity contribution in [3.63, 3.8) is 0 Å². The number of carbonyl (C=O) groups is 1. The number of benzene rings is 1. The van der Waals surface area contributed by atoms with Crippen molar-refractivity contribution in [3.8, 4) is 17.1 Å². The first-order chi connectivity index (χ1) is 10.9. The second kappa shape index (κ2) is 7.28. The van der Waals surface area contributed by atoms with E-state index in [-0.39, 0.29) is 18.3 Å². The molecule has 0 bridgehead atoms. The van der Waals surface area contributed by atoms with E-state index in [1.165, 1.54) is 0 Å². The number of carbonyl (C=O) groups excluding carboxylic acids is 1. The van der Waals surface area contributed by atoms with Gasteiger partial charge in [0.05, 0.1) is 12.3 Å². The first-order valence-electron chi connectivity index (χ1n) is 7.17. The van der Waals surface area contributed by atoms with Crippen molar-refractivity contribution in [1.29, 1.82) is 0 Å². The zero-order chi connectivity index (χ0) is 17.0. The lowest BCUT2D eigenvalue weighted by Gasteiger charge is -2.12. The van der Waals surface area contributed by atoms with Gasteiger partial charge in [0.2, 0.25) is 5.75 Å². The first kappa shape index (κ1) is 17.0. The highest BCUT2D eigenvalue weighted by Crippen LogP contribution is 2.24. The lowest BCUT2D eigenvalue weighted by atomic mass is 10.1. The topological polar surface area (TPSA) is 81.3 Å². The number of halogens is 1. The molecule has 1 aromatic heterocycles. The number of hydrogen-bond acceptors (Lipinski definition) is 5. The molecule has 0 spiro atoms. The number of H-pyrrole nitrogens is 1. The summed E-state index contributed by atoms with van der Waals surface area (Å²) in [6, 6.07) is 6.90. The van der Waals surface area contributed by atoms with Crippen LogP contribution < -0.4 is 10.3 Å². The van der Waals surface area contributed by atoms with Crippen molar-refractivity contribution in [2.75, 3.05) is 6.61 Å². The van der Waals surface area contributed by atoms with Gasteiger partial charge in [-0.25, -0.2) is 9.78 Å². The molecule has 0 aliphatic rings. The molecule has 0 fully saturated rings. The van der Waals surface area contributed by atoms with E-state index in [1.54, 1.807) is 31.2 Å². The van der Waals surface area contributed by atoms with Gasteiger partial charge in [0.1, 0.15) is 5.82 Å². The first-order valence-corrected chi connectivity index (χ1v) is 7.55. The van der Waals surface area contributed by atoms with Gasteiger partial charge in [-0.1, -0.05) is 25.4 Å². The molecule has 0 saturated carbocycles. The number of ether oxygens (including phenoxy) is 2. The molecule has 122 valence electrons. The van der Waals surface area contributed by atoms with Crippen LogP contribution in [0.25, 0.3) is 11.4 Å². The zero-order valence-electron chi connectivity index (χ0n) is 13.1. The Morgan fingerprint density at radius 1 is 1.30 bits per heavy atom. The zero-order valence-corrected chi connectivity index (χ0v) is 13.8. The third-order valence-electron chi connectivity index (χ3n) is 3.02. The Bertz CT molecular complexity index is 754. The highest BCUT2D eigenvalue weighted by Gasteiger charge is 2.20. The minimum Gasteiger partial charge on any atom is -0.434 e. The quantitative estimate of drug-likeness (QED) is 0.860. The van der Waals surface area contributed by atoms with Crippen LogP contribution in [0.3, 0.4) is 0 Å². The normalized spacial score (nSPS) is 10.7. The number of hydrogen-bond donors (Lipinski definition) is 1. The summed E-state index contributed by atoms with van der Waals surface area (Å²) in [4.78, 5) is 30.8. The van der Waals surface area contributed by atoms with Gasteiger partial charge in [-0.15, -0.1) is 0 Å². The fourth-order valence-corrected chi connectivity index (χ4v) is 2.07. The third-order valence-corrected chi connectivity index (χ3v) is 3.27. The van der Waals surface area contributed by atoms with E-state index >= 15 is 0 Å². The molecular weight excluding hydrogens is 320 g/mol. The Balaban J connectivity index is 2.48. The van der Waals surface area contributed by atoms with Crippen molar-refractivity contribution >= 4 is 17.8 Å². The maximum Gasteiger partial charge on any atom is 0.514 e. The van der Waals surface area contributed by atoms with Crippen LogP contribution in [-0.2, 0) is 4.74 Å². The van der Waals surface area contributed by atoms with Crippen LogP contribution in [0.15, 0.2) is 29.1 Å². The summed E-state index contributed by atoms with van der Waals surface area (Å²) in [5, 5.41) is 0.586. The fourth-order valence-electron chi connectivity index (χ4n) is 1.94. The van der Waals surface area contributed by atoms with Crippen LogP contribution in [0.1, 0.15) is 32.4 Å². The molecule has 0 unspecified atom stereocenters. The lowest BCUT2D eigenvalue weighted by Crippen LogP contribution is -2.21. The Hall–Kier alpha value is -2.34. The van der Waals surface area contributed by atoms with Gasteiger partial charge in [0.25, 0.3) is 5.56 Å². The Labute approximate surface area is 138 Å². The molecule has 2 rings (SSSR count). The SMILES string of the molecule is CCOC(=O)Oc1c(C(C)C)nc(-c2ccc(Cl)cc2)[nH]c1=O. The molecular formula is C16H17ClN2O4. The molecule has 6 nitrogen and oxygen atoms in total. The molecule has 1 heterocycles. The highest BCUT2D eigenvalue weighted by atomic mass is 35.5. The van der Waals surface area contributed by atoms with Gasteiger partial charge >= 0.3 is 6.16 Å². The molecule has 23 heavy (non-hydrogen) atoms. The average molecular weight is 337 g/mol. The second-order valence-corrected chi connectivity index (χ2v) is 5.51. The molecule has 0 amide bonds. The van der Waals surface area contributed by atoms with Gasteiger partial charge in [0, 0.05) is 10.6 Å². The monoisotopic (exact) mass is 336 g/mol. The smallest absolute Gasteiger partial charge is 0.434 e. The summed E-state index contributed by atoms with van der Waals surface area (Å²) < 4.78 is 9.71. The summed E-state index contributed by atoms with van der Waals surface area (Å²) in [5.41, 5.74) is 0.546. The number of aromatic amines is 1. The van der Waals surface area contributed by atoms with Crippen LogP contribution in [0, 0.1) is 0 Å². The van der Waals surface area contributed by atoms with E-state index in [4.69, 9.17) is 21.1 Å². The second-order valence-electron chi connectivity index (χ2n) is 5.08. The molecule has 0 radical (unpaired) electrons. The van der Waals surface area contributed by atoms with Crippen LogP contribution in [0.2, 0.25) is 5.02 Å². The third kappa shape index (κ3) is 4.10. The largest absolute Gasteiger partial charge is 0.514 e. The number of aromatic nitrogens is 2. The van der Waals surface area contributed by atoms with E-state index in [2.05, 4.69) is 9.97 Å². The fraction of sp³-hybridized carbons (Fsp3) is 0.312. The predicted octanol–water partition coefficient (Wildman–Crippen LogP) is 3.75. The lowest BCUT2D eigenvalue weighted by molar-refractivity contribution is 0.103. The van der Waals surface area contributed by atoms with Crippen LogP contribution >= 0.6 is 11.6 Å². The van der Waals surface area contributed by atoms with Gasteiger partial charge < -0.3 is 14.5 Å². The van der Waals surface area contributed by atoms with E-state index in [1.807, 2.05) is 13.8 Å². The van der Waals surface area contributed by atoms with Gasteiger partial charge in [-0.05, 0) is 37.1 Å². The summed E-state index contributed by atoms with van der Waals surface area (Å²) >= 11 is 5.86. The maximum absolute atomic E-state index is 12.3. The van der Waals surface area contributed by atoms with Crippen molar-refractivity contribution in [1.82, 2.24) is 9.97 Å². The Kier molecular flexibility index (Phi) is 5.39. The van der Waals surface area contributed by atoms with E-state index < -0.39 is 11.7 Å². The number of nitrogens with zero attached hydrogens (tertiary/aromatic N) is 1. The molecule has 1 aromatic carbocycles. The number of nitrogens with one attached hydrogen (secondary N) is 1. The summed E-state index contributed by atoms with van der Waals surface area (Å²) in [6.07, 6.45) is -0.930. The highest BCUT2D eigenvalue weighted by molar-refractivity contribution is 6.30.